The topological polar surface area (TPSA) is 12.5 Å². The van der Waals surface area contributed by atoms with E-state index in [1.54, 1.807) is 47.4 Å². The number of halogens is 10. The zero-order valence-corrected chi connectivity index (χ0v) is 27.9. The van der Waals surface area contributed by atoms with Crippen molar-refractivity contribution in [2.75, 3.05) is 0 Å². The molecule has 1 heterocycles. The van der Waals surface area contributed by atoms with Gasteiger partial charge in [0.05, 0.1) is 0 Å². The molecule has 3 aromatic carbocycles. The molecule has 2 aliphatic rings. The molecule has 0 saturated carbocycles. The maximum atomic E-state index is 16.1. The van der Waals surface area contributed by atoms with Crippen molar-refractivity contribution in [3.63, 3.8) is 0 Å². The Labute approximate surface area is 284 Å². The Morgan fingerprint density at radius 2 is 1.14 bits per heavy atom. The minimum atomic E-state index is -4.68. The van der Waals surface area contributed by atoms with E-state index in [0.717, 1.165) is 12.4 Å². The van der Waals surface area contributed by atoms with E-state index in [2.05, 4.69) is 0 Å². The minimum Gasteiger partial charge on any atom is -0.706 e. The van der Waals surface area contributed by atoms with E-state index in [1.165, 1.54) is 6.08 Å². The van der Waals surface area contributed by atoms with Crippen molar-refractivity contribution in [1.29, 1.82) is 0 Å². The van der Waals surface area contributed by atoms with Gasteiger partial charge in [0.1, 0.15) is 23.3 Å². The average molecular weight is 710 g/mol. The largest absolute Gasteiger partial charge is 0.706 e. The summed E-state index contributed by atoms with van der Waals surface area (Å²) in [5, 5.41) is 0. The molecular weight excluding hydrogens is 675 g/mol. The van der Waals surface area contributed by atoms with Crippen molar-refractivity contribution in [3.8, 4) is 0 Å². The number of allylic oxidation sites excluding steroid dienone is 3. The van der Waals surface area contributed by atoms with Crippen LogP contribution in [0.5, 0.6) is 0 Å². The molecule has 0 bridgehead atoms. The number of rotatable bonds is 9. The summed E-state index contributed by atoms with van der Waals surface area (Å²) in [6, 6.07) is 8.83. The molecule has 0 amide bonds. The highest BCUT2D eigenvalue weighted by molar-refractivity contribution is 7.01. The molecule has 0 aromatic heterocycles. The Bertz CT molecular complexity index is 1740. The van der Waals surface area contributed by atoms with Crippen LogP contribution in [0.4, 0.5) is 43.9 Å². The van der Waals surface area contributed by atoms with Crippen LogP contribution >= 0.6 is 0 Å². The molecule has 50 heavy (non-hydrogen) atoms. The number of hydrogen-bond acceptors (Lipinski definition) is 2. The summed E-state index contributed by atoms with van der Waals surface area (Å²) < 4.78 is 160. The highest BCUT2D eigenvalue weighted by Gasteiger charge is 2.47. The first kappa shape index (κ1) is 37.1. The Morgan fingerprint density at radius 1 is 0.680 bits per heavy atom. The second-order valence-corrected chi connectivity index (χ2v) is 14.0. The molecule has 1 aliphatic heterocycles. The molecule has 13 heteroatoms. The quantitative estimate of drug-likeness (QED) is 0.0950. The van der Waals surface area contributed by atoms with Crippen molar-refractivity contribution < 1.29 is 48.6 Å². The first-order valence-electron chi connectivity index (χ1n) is 16.3. The average Bonchev–Trinajstić information content (AvgIpc) is 3.57. The first-order valence-corrected chi connectivity index (χ1v) is 16.3. The fourth-order valence-electron chi connectivity index (χ4n) is 7.61. The van der Waals surface area contributed by atoms with E-state index in [4.69, 9.17) is 4.65 Å². The summed E-state index contributed by atoms with van der Waals surface area (Å²) in [5.41, 5.74) is -4.61. The van der Waals surface area contributed by atoms with E-state index in [0.29, 0.717) is 24.8 Å². The summed E-state index contributed by atoms with van der Waals surface area (Å²) in [6.07, 6.45) is 2.20. The van der Waals surface area contributed by atoms with Gasteiger partial charge in [-0.3, -0.25) is 0 Å². The van der Waals surface area contributed by atoms with Crippen molar-refractivity contribution in [3.05, 3.63) is 124 Å². The standard InChI is InChI=1S/C37H35BF10NO/c1-36(2)18-11-19-37(3,4)49(36)22(15-10-14-21-12-6-5-7-13-21)20-38(50-23-16-8-9-17-23,24-26(39)30(43)34(47)31(44)27(24)40)25-28(41)32(45)35(48)33(46)29(25)42/h5-7,10,12-14,16,20H,8-9,11,15,17-19H2,1-4H3/q-1/b14-10+,22-20-. The zero-order valence-electron chi connectivity index (χ0n) is 27.9. The zero-order chi connectivity index (χ0) is 36.8. The van der Waals surface area contributed by atoms with Gasteiger partial charge in [0.2, 0.25) is 0 Å². The molecular formula is C37H35BF10NO-. The Hall–Kier alpha value is -4.16. The van der Waals surface area contributed by atoms with Crippen LogP contribution in [-0.2, 0) is 4.65 Å². The molecule has 0 atom stereocenters. The fourth-order valence-corrected chi connectivity index (χ4v) is 7.61. The lowest BCUT2D eigenvalue weighted by Gasteiger charge is -2.57. The third-order valence-corrected chi connectivity index (χ3v) is 9.62. The molecule has 0 radical (unpaired) electrons. The maximum Gasteiger partial charge on any atom is 0.255 e. The van der Waals surface area contributed by atoms with Crippen molar-refractivity contribution in [2.24, 2.45) is 0 Å². The van der Waals surface area contributed by atoms with Gasteiger partial charge in [0, 0.05) is 29.7 Å². The summed E-state index contributed by atoms with van der Waals surface area (Å²) in [4.78, 5) is 1.79. The molecule has 0 unspecified atom stereocenters. The van der Waals surface area contributed by atoms with Crippen LogP contribution < -0.4 is 10.9 Å². The Balaban J connectivity index is 1.99. The Morgan fingerprint density at radius 3 is 1.58 bits per heavy atom. The van der Waals surface area contributed by atoms with Gasteiger partial charge in [-0.2, -0.15) is 5.98 Å². The highest BCUT2D eigenvalue weighted by Crippen LogP contribution is 2.43. The lowest BCUT2D eigenvalue weighted by atomic mass is 9.30. The predicted octanol–water partition coefficient (Wildman–Crippen LogP) is 9.79. The van der Waals surface area contributed by atoms with Crippen LogP contribution in [0.1, 0.15) is 78.2 Å². The van der Waals surface area contributed by atoms with Crippen molar-refractivity contribution in [1.82, 2.24) is 4.90 Å². The molecule has 3 aromatic rings. The van der Waals surface area contributed by atoms with E-state index in [-0.39, 0.29) is 30.7 Å². The number of likely N-dealkylation sites (tertiary alicyclic amines) is 1. The fraction of sp³-hybridized carbons (Fsp3) is 0.351. The van der Waals surface area contributed by atoms with Gasteiger partial charge in [-0.25, -0.2) is 43.9 Å². The molecule has 0 N–H and O–H groups in total. The monoisotopic (exact) mass is 710 g/mol. The normalized spacial score (nSPS) is 17.8. The van der Waals surface area contributed by atoms with E-state index >= 15 is 35.1 Å². The van der Waals surface area contributed by atoms with Gasteiger partial charge in [0.15, 0.2) is 34.9 Å². The number of nitrogens with zero attached hydrogens (tertiary/aromatic N) is 1. The van der Waals surface area contributed by atoms with Crippen LogP contribution in [-0.4, -0.2) is 22.3 Å². The summed E-state index contributed by atoms with van der Waals surface area (Å²) in [5.74, 6) is -24.7. The molecule has 2 nitrogen and oxygen atoms in total. The number of hydrogen-bond donors (Lipinski definition) is 0. The third kappa shape index (κ3) is 6.55. The van der Waals surface area contributed by atoms with E-state index in [1.807, 2.05) is 27.7 Å². The van der Waals surface area contributed by atoms with Gasteiger partial charge < -0.3 is 9.55 Å². The van der Waals surface area contributed by atoms with Gasteiger partial charge in [-0.15, -0.1) is 0 Å². The smallest absolute Gasteiger partial charge is 0.255 e. The van der Waals surface area contributed by atoms with Crippen LogP contribution in [0, 0.1) is 58.2 Å². The second-order valence-electron chi connectivity index (χ2n) is 14.0. The van der Waals surface area contributed by atoms with E-state index in [9.17, 15) is 8.78 Å². The van der Waals surface area contributed by atoms with Crippen molar-refractivity contribution in [2.45, 2.75) is 83.7 Å². The molecule has 5 rings (SSSR count). The lowest BCUT2D eigenvalue weighted by Crippen LogP contribution is -2.66. The maximum absolute atomic E-state index is 16.1. The highest BCUT2D eigenvalue weighted by atomic mass is 19.2. The number of benzene rings is 3. The van der Waals surface area contributed by atoms with Crippen LogP contribution in [0.2, 0.25) is 0 Å². The molecule has 1 saturated heterocycles. The molecule has 1 aliphatic carbocycles. The van der Waals surface area contributed by atoms with Crippen LogP contribution in [0.25, 0.3) is 6.08 Å². The SMILES string of the molecule is CC1(C)CCCC(C)(C)N1/C(=C\[B-](OC1=CCCC1)(c1c(F)c(F)c(F)c(F)c1F)c1c(F)c(F)c(F)c(F)c1F)C/C=C/c1ccccc1. The van der Waals surface area contributed by atoms with Gasteiger partial charge in [-0.1, -0.05) is 59.5 Å². The second kappa shape index (κ2) is 13.9. The summed E-state index contributed by atoms with van der Waals surface area (Å²) >= 11 is 0. The van der Waals surface area contributed by atoms with Gasteiger partial charge in [0.25, 0.3) is 6.35 Å². The molecule has 1 fully saturated rings. The minimum absolute atomic E-state index is 0.0217. The Kier molecular flexibility index (Phi) is 10.3. The summed E-state index contributed by atoms with van der Waals surface area (Å²) in [7, 11) is 0. The number of piperidine rings is 1. The predicted molar refractivity (Wildman–Crippen MR) is 173 cm³/mol. The lowest BCUT2D eigenvalue weighted by molar-refractivity contribution is 0.00436. The summed E-state index contributed by atoms with van der Waals surface area (Å²) in [6.45, 7) is 7.31. The first-order chi connectivity index (χ1) is 23.4. The van der Waals surface area contributed by atoms with E-state index < -0.39 is 86.5 Å². The van der Waals surface area contributed by atoms with Crippen LogP contribution in [0.15, 0.2) is 59.9 Å². The molecule has 268 valence electrons. The third-order valence-electron chi connectivity index (χ3n) is 9.62. The molecule has 0 spiro atoms. The van der Waals surface area contributed by atoms with Crippen molar-refractivity contribution >= 4 is 23.4 Å². The van der Waals surface area contributed by atoms with Gasteiger partial charge >= 0.3 is 0 Å². The van der Waals surface area contributed by atoms with Gasteiger partial charge in [-0.05, 0) is 71.1 Å². The van der Waals surface area contributed by atoms with Crippen LogP contribution in [0.3, 0.4) is 0 Å².